The smallest absolute Gasteiger partial charge is 0.280 e. The molecular formula is C16H12N4O2S. The second-order valence-corrected chi connectivity index (χ2v) is 5.97. The van der Waals surface area contributed by atoms with Gasteiger partial charge < -0.3 is 0 Å². The molecule has 0 saturated heterocycles. The molecule has 1 N–H and O–H groups in total. The van der Waals surface area contributed by atoms with E-state index in [4.69, 9.17) is 0 Å². The standard InChI is InChI=1S/C16H12N4O2S/c1-10-14-12(9-13(21)19(10)16-17-7-8-23-16)18-20(15(14)22)11-5-3-2-4-6-11/h2-9,18H,1H3. The molecule has 0 saturated carbocycles. The summed E-state index contributed by atoms with van der Waals surface area (Å²) in [7, 11) is 0. The van der Waals surface area contributed by atoms with Crippen molar-refractivity contribution in [2.75, 3.05) is 0 Å². The number of hydrogen-bond acceptors (Lipinski definition) is 4. The zero-order valence-corrected chi connectivity index (χ0v) is 13.0. The zero-order chi connectivity index (χ0) is 16.0. The Morgan fingerprint density at radius 3 is 2.65 bits per heavy atom. The van der Waals surface area contributed by atoms with E-state index in [0.29, 0.717) is 21.7 Å². The maximum Gasteiger partial charge on any atom is 0.280 e. The van der Waals surface area contributed by atoms with Gasteiger partial charge in [0.1, 0.15) is 0 Å². The maximum absolute atomic E-state index is 12.8. The highest BCUT2D eigenvalue weighted by Gasteiger charge is 2.16. The molecule has 114 valence electrons. The van der Waals surface area contributed by atoms with Crippen LogP contribution in [0.25, 0.3) is 21.7 Å². The molecule has 7 heteroatoms. The normalized spacial score (nSPS) is 11.2. The number of fused-ring (bicyclic) bond motifs is 1. The lowest BCUT2D eigenvalue weighted by molar-refractivity contribution is 0.863. The molecule has 3 heterocycles. The Balaban J connectivity index is 2.07. The molecule has 1 aromatic carbocycles. The number of thiazole rings is 1. The van der Waals surface area contributed by atoms with E-state index < -0.39 is 0 Å². The topological polar surface area (TPSA) is 72.7 Å². The second-order valence-electron chi connectivity index (χ2n) is 5.09. The Hall–Kier alpha value is -2.93. The Bertz CT molecular complexity index is 1100. The van der Waals surface area contributed by atoms with Crippen LogP contribution < -0.4 is 11.1 Å². The molecule has 3 aromatic heterocycles. The summed E-state index contributed by atoms with van der Waals surface area (Å²) in [5.74, 6) is 0. The number of aromatic amines is 1. The van der Waals surface area contributed by atoms with Crippen molar-refractivity contribution in [3.8, 4) is 10.8 Å². The number of H-pyrrole nitrogens is 1. The van der Waals surface area contributed by atoms with Gasteiger partial charge in [-0.2, -0.15) is 0 Å². The molecule has 4 rings (SSSR count). The molecule has 0 bridgehead atoms. The fourth-order valence-corrected chi connectivity index (χ4v) is 3.39. The second kappa shape index (κ2) is 5.06. The predicted molar refractivity (Wildman–Crippen MR) is 89.9 cm³/mol. The average Bonchev–Trinajstić information content (AvgIpc) is 3.17. The zero-order valence-electron chi connectivity index (χ0n) is 12.2. The molecule has 0 atom stereocenters. The molecule has 6 nitrogen and oxygen atoms in total. The molecule has 0 aliphatic heterocycles. The Morgan fingerprint density at radius 2 is 1.96 bits per heavy atom. The highest BCUT2D eigenvalue weighted by atomic mass is 32.1. The number of nitrogens with one attached hydrogen (secondary N) is 1. The molecule has 4 aromatic rings. The van der Waals surface area contributed by atoms with Gasteiger partial charge in [-0.15, -0.1) is 11.3 Å². The van der Waals surface area contributed by atoms with Crippen LogP contribution in [-0.2, 0) is 0 Å². The Labute approximate surface area is 134 Å². The quantitative estimate of drug-likeness (QED) is 0.614. The van der Waals surface area contributed by atoms with Crippen molar-refractivity contribution in [2.45, 2.75) is 6.92 Å². The monoisotopic (exact) mass is 324 g/mol. The van der Waals surface area contributed by atoms with E-state index in [1.807, 2.05) is 30.3 Å². The lowest BCUT2D eigenvalue weighted by Gasteiger charge is -2.05. The van der Waals surface area contributed by atoms with E-state index in [0.717, 1.165) is 5.69 Å². The van der Waals surface area contributed by atoms with Gasteiger partial charge in [-0.1, -0.05) is 18.2 Å². The van der Waals surface area contributed by atoms with Gasteiger partial charge in [-0.25, -0.2) is 9.67 Å². The van der Waals surface area contributed by atoms with Crippen molar-refractivity contribution in [3.05, 3.63) is 74.4 Å². The third-order valence-corrected chi connectivity index (χ3v) is 4.49. The molecule has 0 amide bonds. The number of pyridine rings is 1. The number of nitrogens with zero attached hydrogens (tertiary/aromatic N) is 3. The molecule has 0 aliphatic carbocycles. The Kier molecular flexibility index (Phi) is 3.02. The predicted octanol–water partition coefficient (Wildman–Crippen LogP) is 2.23. The van der Waals surface area contributed by atoms with E-state index in [9.17, 15) is 9.59 Å². The molecule has 0 unspecified atom stereocenters. The van der Waals surface area contributed by atoms with E-state index in [2.05, 4.69) is 10.1 Å². The van der Waals surface area contributed by atoms with Gasteiger partial charge in [0.15, 0.2) is 5.13 Å². The van der Waals surface area contributed by atoms with Crippen LogP contribution in [-0.4, -0.2) is 19.3 Å². The fourth-order valence-electron chi connectivity index (χ4n) is 2.70. The summed E-state index contributed by atoms with van der Waals surface area (Å²) in [4.78, 5) is 29.4. The van der Waals surface area contributed by atoms with Crippen molar-refractivity contribution >= 4 is 22.2 Å². The first-order valence-electron chi connectivity index (χ1n) is 6.99. The van der Waals surface area contributed by atoms with Crippen LogP contribution in [0.2, 0.25) is 0 Å². The maximum atomic E-state index is 12.8. The third kappa shape index (κ3) is 2.05. The highest BCUT2D eigenvalue weighted by Crippen LogP contribution is 2.17. The van der Waals surface area contributed by atoms with Gasteiger partial charge >= 0.3 is 0 Å². The van der Waals surface area contributed by atoms with Crippen LogP contribution in [0.1, 0.15) is 5.69 Å². The molecular weight excluding hydrogens is 312 g/mol. The number of benzene rings is 1. The molecule has 23 heavy (non-hydrogen) atoms. The van der Waals surface area contributed by atoms with Crippen LogP contribution >= 0.6 is 11.3 Å². The summed E-state index contributed by atoms with van der Waals surface area (Å²) in [6, 6.07) is 10.7. The average molecular weight is 324 g/mol. The van der Waals surface area contributed by atoms with Crippen molar-refractivity contribution in [2.24, 2.45) is 0 Å². The molecule has 0 spiro atoms. The number of rotatable bonds is 2. The SMILES string of the molecule is Cc1c2c(=O)n(-c3ccccc3)[nH]c2cc(=O)n1-c1nccs1. The van der Waals surface area contributed by atoms with Gasteiger partial charge in [-0.3, -0.25) is 19.3 Å². The molecule has 0 fully saturated rings. The van der Waals surface area contributed by atoms with E-state index in [1.54, 1.807) is 18.5 Å². The number of hydrogen-bond donors (Lipinski definition) is 1. The van der Waals surface area contributed by atoms with Crippen molar-refractivity contribution in [1.29, 1.82) is 0 Å². The summed E-state index contributed by atoms with van der Waals surface area (Å²) in [6.45, 7) is 1.76. The van der Waals surface area contributed by atoms with Crippen LogP contribution in [0.5, 0.6) is 0 Å². The summed E-state index contributed by atoms with van der Waals surface area (Å²) in [5, 5.41) is 5.85. The Morgan fingerprint density at radius 1 is 1.17 bits per heavy atom. The summed E-state index contributed by atoms with van der Waals surface area (Å²) >= 11 is 1.35. The number of aromatic nitrogens is 4. The van der Waals surface area contributed by atoms with E-state index in [1.165, 1.54) is 26.7 Å². The van der Waals surface area contributed by atoms with E-state index >= 15 is 0 Å². The van der Waals surface area contributed by atoms with Gasteiger partial charge in [0.25, 0.3) is 11.1 Å². The van der Waals surface area contributed by atoms with Crippen molar-refractivity contribution in [1.82, 2.24) is 19.3 Å². The van der Waals surface area contributed by atoms with Crippen LogP contribution in [0.15, 0.2) is 57.6 Å². The van der Waals surface area contributed by atoms with Gasteiger partial charge in [0, 0.05) is 23.3 Å². The first-order chi connectivity index (χ1) is 11.2. The number of para-hydroxylation sites is 1. The lowest BCUT2D eigenvalue weighted by Crippen LogP contribution is -2.21. The van der Waals surface area contributed by atoms with Crippen LogP contribution in [0, 0.1) is 6.92 Å². The highest BCUT2D eigenvalue weighted by molar-refractivity contribution is 7.12. The first kappa shape index (κ1) is 13.7. The largest absolute Gasteiger partial charge is 0.290 e. The third-order valence-electron chi connectivity index (χ3n) is 3.73. The number of aryl methyl sites for hydroxylation is 1. The minimum absolute atomic E-state index is 0.186. The van der Waals surface area contributed by atoms with Gasteiger partial charge in [-0.05, 0) is 19.1 Å². The first-order valence-corrected chi connectivity index (χ1v) is 7.87. The minimum Gasteiger partial charge on any atom is -0.290 e. The fraction of sp³-hybridized carbons (Fsp3) is 0.0625. The van der Waals surface area contributed by atoms with Crippen LogP contribution in [0.3, 0.4) is 0 Å². The van der Waals surface area contributed by atoms with Crippen molar-refractivity contribution < 1.29 is 0 Å². The van der Waals surface area contributed by atoms with Gasteiger partial charge in [0.05, 0.1) is 16.6 Å². The van der Waals surface area contributed by atoms with Crippen LogP contribution in [0.4, 0.5) is 0 Å². The molecule has 0 radical (unpaired) electrons. The summed E-state index contributed by atoms with van der Waals surface area (Å²) in [6.07, 6.45) is 1.63. The van der Waals surface area contributed by atoms with Crippen molar-refractivity contribution in [3.63, 3.8) is 0 Å². The summed E-state index contributed by atoms with van der Waals surface area (Å²) in [5.41, 5.74) is 1.43. The molecule has 0 aliphatic rings. The van der Waals surface area contributed by atoms with E-state index in [-0.39, 0.29) is 11.1 Å². The van der Waals surface area contributed by atoms with Gasteiger partial charge in [0.2, 0.25) is 0 Å². The minimum atomic E-state index is -0.216. The lowest BCUT2D eigenvalue weighted by atomic mass is 10.2. The summed E-state index contributed by atoms with van der Waals surface area (Å²) < 4.78 is 2.92.